The van der Waals surface area contributed by atoms with Crippen LogP contribution in [0.5, 0.6) is 0 Å². The molecule has 1 rings (SSSR count). The minimum atomic E-state index is -4.01. The van der Waals surface area contributed by atoms with Crippen LogP contribution in [0.3, 0.4) is 0 Å². The van der Waals surface area contributed by atoms with E-state index in [1.54, 1.807) is 19.9 Å². The average Bonchev–Trinajstić information content (AvgIpc) is 2.44. The normalized spacial score (nSPS) is 11.8. The van der Waals surface area contributed by atoms with Gasteiger partial charge in [0.1, 0.15) is 22.2 Å². The molecule has 0 atom stereocenters. The summed E-state index contributed by atoms with van der Waals surface area (Å²) >= 11 is 0. The van der Waals surface area contributed by atoms with Gasteiger partial charge >= 0.3 is 5.97 Å². The van der Waals surface area contributed by atoms with Crippen molar-refractivity contribution in [1.82, 2.24) is 9.71 Å². The Hall–Kier alpha value is -1.98. The summed E-state index contributed by atoms with van der Waals surface area (Å²) in [5, 5.41) is 17.8. The van der Waals surface area contributed by atoms with Gasteiger partial charge in [-0.15, -0.1) is 0 Å². The lowest BCUT2D eigenvalue weighted by molar-refractivity contribution is -0.144. The van der Waals surface area contributed by atoms with Crippen molar-refractivity contribution in [2.24, 2.45) is 0 Å². The lowest BCUT2D eigenvalue weighted by Crippen LogP contribution is -2.53. The van der Waals surface area contributed by atoms with E-state index in [9.17, 15) is 18.3 Å². The van der Waals surface area contributed by atoms with E-state index in [4.69, 9.17) is 5.26 Å². The topological polar surface area (TPSA) is 120 Å². The number of sulfonamides is 1. The van der Waals surface area contributed by atoms with Crippen LogP contribution in [0, 0.1) is 11.3 Å². The van der Waals surface area contributed by atoms with Gasteiger partial charge in [-0.05, 0) is 25.0 Å². The van der Waals surface area contributed by atoms with Gasteiger partial charge in [0.15, 0.2) is 0 Å². The van der Waals surface area contributed by atoms with E-state index in [2.05, 4.69) is 9.71 Å². The molecule has 0 fully saturated rings. The zero-order valence-corrected chi connectivity index (χ0v) is 11.9. The zero-order valence-electron chi connectivity index (χ0n) is 11.1. The Morgan fingerprint density at radius 1 is 1.45 bits per heavy atom. The lowest BCUT2D eigenvalue weighted by atomic mass is 9.95. The largest absolute Gasteiger partial charge is 0.480 e. The van der Waals surface area contributed by atoms with Crippen molar-refractivity contribution >= 4 is 16.0 Å². The first-order chi connectivity index (χ1) is 9.31. The molecule has 0 unspecified atom stereocenters. The van der Waals surface area contributed by atoms with Crippen molar-refractivity contribution in [3.8, 4) is 6.07 Å². The quantitative estimate of drug-likeness (QED) is 0.804. The first kappa shape index (κ1) is 16.1. The minimum Gasteiger partial charge on any atom is -0.480 e. The molecule has 0 saturated carbocycles. The number of aromatic nitrogens is 1. The smallest absolute Gasteiger partial charge is 0.324 e. The number of nitriles is 1. The van der Waals surface area contributed by atoms with Crippen LogP contribution >= 0.6 is 0 Å². The van der Waals surface area contributed by atoms with Crippen LogP contribution in [-0.2, 0) is 14.8 Å². The highest BCUT2D eigenvalue weighted by Crippen LogP contribution is 2.20. The molecule has 0 aliphatic carbocycles. The molecule has 1 aromatic rings. The van der Waals surface area contributed by atoms with Gasteiger partial charge in [-0.1, -0.05) is 13.8 Å². The van der Waals surface area contributed by atoms with Crippen LogP contribution in [0.15, 0.2) is 23.2 Å². The van der Waals surface area contributed by atoms with Crippen molar-refractivity contribution in [2.75, 3.05) is 0 Å². The summed E-state index contributed by atoms with van der Waals surface area (Å²) in [5.41, 5.74) is -1.47. The van der Waals surface area contributed by atoms with Gasteiger partial charge in [0.25, 0.3) is 0 Å². The van der Waals surface area contributed by atoms with E-state index in [1.165, 1.54) is 12.1 Å². The number of pyridine rings is 1. The van der Waals surface area contributed by atoms with Crippen LogP contribution in [0.2, 0.25) is 0 Å². The number of hydrogen-bond donors (Lipinski definition) is 2. The Labute approximate surface area is 117 Å². The van der Waals surface area contributed by atoms with Gasteiger partial charge in [0.2, 0.25) is 10.0 Å². The fourth-order valence-electron chi connectivity index (χ4n) is 1.66. The van der Waals surface area contributed by atoms with Crippen molar-refractivity contribution in [2.45, 2.75) is 37.1 Å². The zero-order chi connectivity index (χ0) is 15.4. The maximum atomic E-state index is 12.2. The highest BCUT2D eigenvalue weighted by molar-refractivity contribution is 7.89. The molecular formula is C12H15N3O4S. The Bertz CT molecular complexity index is 628. The van der Waals surface area contributed by atoms with Gasteiger partial charge in [0.05, 0.1) is 0 Å². The average molecular weight is 297 g/mol. The molecular weight excluding hydrogens is 282 g/mol. The lowest BCUT2D eigenvalue weighted by Gasteiger charge is -2.27. The van der Waals surface area contributed by atoms with E-state index < -0.39 is 21.5 Å². The molecule has 0 saturated heterocycles. The molecule has 0 aliphatic heterocycles. The molecule has 108 valence electrons. The van der Waals surface area contributed by atoms with Crippen LogP contribution in [0.25, 0.3) is 0 Å². The first-order valence-corrected chi connectivity index (χ1v) is 7.43. The van der Waals surface area contributed by atoms with Crippen molar-refractivity contribution in [3.05, 3.63) is 24.0 Å². The van der Waals surface area contributed by atoms with Crippen molar-refractivity contribution < 1.29 is 18.3 Å². The van der Waals surface area contributed by atoms with E-state index in [0.29, 0.717) is 0 Å². The maximum absolute atomic E-state index is 12.2. The monoisotopic (exact) mass is 297 g/mol. The molecule has 1 aromatic heterocycles. The third-order valence-corrected chi connectivity index (χ3v) is 4.63. The second-order valence-electron chi connectivity index (χ2n) is 4.19. The van der Waals surface area contributed by atoms with Gasteiger partial charge in [0, 0.05) is 6.20 Å². The molecule has 0 aliphatic rings. The summed E-state index contributed by atoms with van der Waals surface area (Å²) in [5.74, 6) is -1.23. The molecule has 1 heterocycles. The number of aliphatic carboxylic acids is 1. The van der Waals surface area contributed by atoms with Crippen LogP contribution < -0.4 is 4.72 Å². The Balaban J connectivity index is 3.16. The highest BCUT2D eigenvalue weighted by Gasteiger charge is 2.39. The predicted octanol–water partition coefficient (Wildman–Crippen LogP) is 0.875. The third kappa shape index (κ3) is 3.12. The van der Waals surface area contributed by atoms with Gasteiger partial charge in [-0.2, -0.15) is 9.98 Å². The number of rotatable bonds is 6. The summed E-state index contributed by atoms with van der Waals surface area (Å²) in [6.07, 6.45) is 1.25. The highest BCUT2D eigenvalue weighted by atomic mass is 32.2. The molecule has 0 bridgehead atoms. The van der Waals surface area contributed by atoms with E-state index >= 15 is 0 Å². The second kappa shape index (κ2) is 5.98. The van der Waals surface area contributed by atoms with E-state index in [0.717, 1.165) is 6.20 Å². The van der Waals surface area contributed by atoms with E-state index in [1.807, 2.05) is 0 Å². The molecule has 2 N–H and O–H groups in total. The third-order valence-electron chi connectivity index (χ3n) is 3.11. The fraction of sp³-hybridized carbons (Fsp3) is 0.417. The summed E-state index contributed by atoms with van der Waals surface area (Å²) in [6.45, 7) is 3.19. The number of hydrogen-bond acceptors (Lipinski definition) is 5. The van der Waals surface area contributed by atoms with E-state index in [-0.39, 0.29) is 23.4 Å². The molecule has 7 nitrogen and oxygen atoms in total. The maximum Gasteiger partial charge on any atom is 0.324 e. The minimum absolute atomic E-state index is 0.0828. The van der Waals surface area contributed by atoms with Crippen LogP contribution in [0.4, 0.5) is 0 Å². The number of nitrogens with zero attached hydrogens (tertiary/aromatic N) is 2. The summed E-state index contributed by atoms with van der Waals surface area (Å²) < 4.78 is 26.6. The fourth-order valence-corrected chi connectivity index (χ4v) is 3.11. The number of carbonyl (C=O) groups is 1. The molecule has 0 radical (unpaired) electrons. The number of nitrogens with one attached hydrogen (secondary N) is 1. The van der Waals surface area contributed by atoms with Crippen LogP contribution in [0.1, 0.15) is 32.4 Å². The SMILES string of the molecule is CCC(CC)(NS(=O)(=O)c1ccc(C#N)nc1)C(=O)O. The molecule has 20 heavy (non-hydrogen) atoms. The number of carboxylic acids is 1. The van der Waals surface area contributed by atoms with Gasteiger partial charge in [-0.3, -0.25) is 4.79 Å². The first-order valence-electron chi connectivity index (χ1n) is 5.95. The predicted molar refractivity (Wildman–Crippen MR) is 70.2 cm³/mol. The van der Waals surface area contributed by atoms with Crippen molar-refractivity contribution in [3.63, 3.8) is 0 Å². The molecule has 0 aromatic carbocycles. The summed E-state index contributed by atoms with van der Waals surface area (Å²) in [6, 6.07) is 4.25. The second-order valence-corrected chi connectivity index (χ2v) is 5.87. The number of carboxylic acid groups (broad SMARTS) is 1. The Kier molecular flexibility index (Phi) is 4.81. The molecule has 8 heteroatoms. The molecule has 0 spiro atoms. The standard InChI is InChI=1S/C12H15N3O4S/c1-3-12(4-2,11(16)17)15-20(18,19)10-6-5-9(7-13)14-8-10/h5-6,8,15H,3-4H2,1-2H3,(H,16,17). The summed E-state index contributed by atoms with van der Waals surface area (Å²) in [4.78, 5) is 14.8. The Morgan fingerprint density at radius 2 is 2.05 bits per heavy atom. The molecule has 0 amide bonds. The Morgan fingerprint density at radius 3 is 2.40 bits per heavy atom. The van der Waals surface area contributed by atoms with Gasteiger partial charge < -0.3 is 5.11 Å². The van der Waals surface area contributed by atoms with Crippen LogP contribution in [-0.4, -0.2) is 30.0 Å². The van der Waals surface area contributed by atoms with Gasteiger partial charge in [-0.25, -0.2) is 13.4 Å². The summed E-state index contributed by atoms with van der Waals surface area (Å²) in [7, 11) is -4.01. The van der Waals surface area contributed by atoms with Crippen molar-refractivity contribution in [1.29, 1.82) is 5.26 Å².